The molecule has 3 N–H and O–H groups in total. The lowest BCUT2D eigenvalue weighted by Crippen LogP contribution is -2.30. The number of rotatable bonds is 2. The van der Waals surface area contributed by atoms with Crippen LogP contribution in [0.25, 0.3) is 0 Å². The lowest BCUT2D eigenvalue weighted by atomic mass is 9.83. The summed E-state index contributed by atoms with van der Waals surface area (Å²) in [6.45, 7) is 3.34. The van der Waals surface area contributed by atoms with Crippen LogP contribution in [0.5, 0.6) is 0 Å². The van der Waals surface area contributed by atoms with E-state index in [1.54, 1.807) is 0 Å². The van der Waals surface area contributed by atoms with Crippen molar-refractivity contribution in [1.82, 2.24) is 15.3 Å². The first kappa shape index (κ1) is 11.5. The molecule has 0 spiro atoms. The summed E-state index contributed by atoms with van der Waals surface area (Å²) in [4.78, 5) is 11.2. The van der Waals surface area contributed by atoms with Gasteiger partial charge in [-0.15, -0.1) is 0 Å². The molecular weight excluding hydrogens is 238 g/mol. The van der Waals surface area contributed by atoms with Gasteiger partial charge in [-0.1, -0.05) is 6.42 Å². The zero-order valence-electron chi connectivity index (χ0n) is 11.2. The molecule has 4 rings (SSSR count). The van der Waals surface area contributed by atoms with Crippen molar-refractivity contribution in [2.45, 2.75) is 37.6 Å². The molecule has 5 heteroatoms. The van der Waals surface area contributed by atoms with Gasteiger partial charge in [-0.3, -0.25) is 0 Å². The van der Waals surface area contributed by atoms with E-state index in [1.807, 2.05) is 0 Å². The van der Waals surface area contributed by atoms with Gasteiger partial charge in [0.15, 0.2) is 0 Å². The number of nitrogens with zero attached hydrogens (tertiary/aromatic N) is 3. The maximum atomic E-state index is 5.89. The molecule has 0 bridgehead atoms. The van der Waals surface area contributed by atoms with Crippen molar-refractivity contribution in [3.05, 3.63) is 11.8 Å². The number of hydrogen-bond donors (Lipinski definition) is 2. The van der Waals surface area contributed by atoms with Gasteiger partial charge < -0.3 is 16.0 Å². The Bertz CT molecular complexity index is 473. The Labute approximate surface area is 113 Å². The third kappa shape index (κ3) is 1.96. The fourth-order valence-electron chi connectivity index (χ4n) is 3.58. The van der Waals surface area contributed by atoms with E-state index in [0.29, 0.717) is 17.9 Å². The van der Waals surface area contributed by atoms with Gasteiger partial charge in [0.2, 0.25) is 5.95 Å². The van der Waals surface area contributed by atoms with E-state index in [9.17, 15) is 0 Å². The van der Waals surface area contributed by atoms with Crippen molar-refractivity contribution < 1.29 is 0 Å². The SMILES string of the molecule is Nc1nc(C2CCC2)cc(N2CC3CCNC3C2)n1. The number of fused-ring (bicyclic) bond motifs is 1. The summed E-state index contributed by atoms with van der Waals surface area (Å²) in [5.41, 5.74) is 7.05. The predicted octanol–water partition coefficient (Wildman–Crippen LogP) is 1.12. The molecule has 19 heavy (non-hydrogen) atoms. The first-order valence-electron chi connectivity index (χ1n) is 7.42. The average molecular weight is 259 g/mol. The smallest absolute Gasteiger partial charge is 0.222 e. The summed E-state index contributed by atoms with van der Waals surface area (Å²) in [6, 6.07) is 2.81. The van der Waals surface area contributed by atoms with Crippen LogP contribution < -0.4 is 16.0 Å². The van der Waals surface area contributed by atoms with Crippen LogP contribution in [0.1, 0.15) is 37.3 Å². The molecule has 3 aliphatic rings. The normalized spacial score (nSPS) is 30.4. The first-order valence-corrected chi connectivity index (χ1v) is 7.42. The van der Waals surface area contributed by atoms with Gasteiger partial charge in [-0.2, -0.15) is 4.98 Å². The maximum Gasteiger partial charge on any atom is 0.222 e. The van der Waals surface area contributed by atoms with Crippen LogP contribution in [0.15, 0.2) is 6.07 Å². The van der Waals surface area contributed by atoms with Crippen LogP contribution in [0.3, 0.4) is 0 Å². The van der Waals surface area contributed by atoms with Crippen molar-refractivity contribution in [3.8, 4) is 0 Å². The summed E-state index contributed by atoms with van der Waals surface area (Å²) in [6.07, 6.45) is 5.12. The minimum atomic E-state index is 0.435. The number of nitrogens with two attached hydrogens (primary N) is 1. The molecule has 1 aromatic heterocycles. The molecule has 0 amide bonds. The predicted molar refractivity (Wildman–Crippen MR) is 75.1 cm³/mol. The summed E-state index contributed by atoms with van der Waals surface area (Å²) in [7, 11) is 0. The zero-order valence-corrected chi connectivity index (χ0v) is 11.2. The molecule has 0 aromatic carbocycles. The van der Waals surface area contributed by atoms with E-state index in [1.165, 1.54) is 32.2 Å². The van der Waals surface area contributed by atoms with E-state index in [2.05, 4.69) is 26.3 Å². The van der Waals surface area contributed by atoms with Crippen LogP contribution in [0.2, 0.25) is 0 Å². The van der Waals surface area contributed by atoms with Crippen LogP contribution >= 0.6 is 0 Å². The topological polar surface area (TPSA) is 67.1 Å². The minimum absolute atomic E-state index is 0.435. The summed E-state index contributed by atoms with van der Waals surface area (Å²) < 4.78 is 0. The Morgan fingerprint density at radius 2 is 2.11 bits per heavy atom. The highest BCUT2D eigenvalue weighted by Gasteiger charge is 2.36. The van der Waals surface area contributed by atoms with Gasteiger partial charge >= 0.3 is 0 Å². The minimum Gasteiger partial charge on any atom is -0.368 e. The second-order valence-electron chi connectivity index (χ2n) is 6.15. The van der Waals surface area contributed by atoms with Gasteiger partial charge in [0.05, 0.1) is 5.69 Å². The van der Waals surface area contributed by atoms with E-state index >= 15 is 0 Å². The van der Waals surface area contributed by atoms with Gasteiger partial charge in [-0.05, 0) is 31.7 Å². The largest absolute Gasteiger partial charge is 0.368 e. The number of aromatic nitrogens is 2. The van der Waals surface area contributed by atoms with Crippen molar-refractivity contribution in [2.24, 2.45) is 5.92 Å². The number of anilines is 2. The maximum absolute atomic E-state index is 5.89. The standard InChI is InChI=1S/C14H21N5/c15-14-17-11(9-2-1-3-9)6-13(18-14)19-7-10-4-5-16-12(10)8-19/h6,9-10,12,16H,1-5,7-8H2,(H2,15,17,18). The molecule has 2 unspecified atom stereocenters. The molecule has 5 nitrogen and oxygen atoms in total. The molecule has 2 atom stereocenters. The third-order valence-corrected chi connectivity index (χ3v) is 4.96. The molecule has 1 aliphatic carbocycles. The summed E-state index contributed by atoms with van der Waals surface area (Å²) >= 11 is 0. The van der Waals surface area contributed by atoms with Crippen LogP contribution in [-0.2, 0) is 0 Å². The summed E-state index contributed by atoms with van der Waals surface area (Å²) in [5, 5.41) is 3.58. The highest BCUT2D eigenvalue weighted by molar-refractivity contribution is 5.46. The fraction of sp³-hybridized carbons (Fsp3) is 0.714. The van der Waals surface area contributed by atoms with Crippen molar-refractivity contribution >= 4 is 11.8 Å². The lowest BCUT2D eigenvalue weighted by Gasteiger charge is -2.26. The molecule has 1 saturated carbocycles. The highest BCUT2D eigenvalue weighted by Crippen LogP contribution is 2.37. The Morgan fingerprint density at radius 3 is 2.84 bits per heavy atom. The van der Waals surface area contributed by atoms with Crippen LogP contribution in [0.4, 0.5) is 11.8 Å². The second-order valence-corrected chi connectivity index (χ2v) is 6.15. The first-order chi connectivity index (χ1) is 9.29. The summed E-state index contributed by atoms with van der Waals surface area (Å²) in [5.74, 6) is 2.86. The van der Waals surface area contributed by atoms with Gasteiger partial charge in [-0.25, -0.2) is 4.98 Å². The molecule has 1 aromatic rings. The Kier molecular flexibility index (Phi) is 2.62. The lowest BCUT2D eigenvalue weighted by molar-refractivity contribution is 0.411. The van der Waals surface area contributed by atoms with E-state index in [0.717, 1.165) is 30.5 Å². The zero-order chi connectivity index (χ0) is 12.8. The number of hydrogen-bond acceptors (Lipinski definition) is 5. The second kappa shape index (κ2) is 4.34. The quantitative estimate of drug-likeness (QED) is 0.833. The van der Waals surface area contributed by atoms with Gasteiger partial charge in [0, 0.05) is 31.1 Å². The Morgan fingerprint density at radius 1 is 1.21 bits per heavy atom. The van der Waals surface area contributed by atoms with Crippen LogP contribution in [0, 0.1) is 5.92 Å². The van der Waals surface area contributed by atoms with E-state index < -0.39 is 0 Å². The van der Waals surface area contributed by atoms with Crippen molar-refractivity contribution in [3.63, 3.8) is 0 Å². The Balaban J connectivity index is 1.58. The molecule has 3 heterocycles. The number of nitrogen functional groups attached to an aromatic ring is 1. The van der Waals surface area contributed by atoms with Gasteiger partial charge in [0.25, 0.3) is 0 Å². The molecular formula is C14H21N5. The van der Waals surface area contributed by atoms with Gasteiger partial charge in [0.1, 0.15) is 5.82 Å². The molecule has 2 saturated heterocycles. The van der Waals surface area contributed by atoms with Crippen molar-refractivity contribution in [1.29, 1.82) is 0 Å². The van der Waals surface area contributed by atoms with E-state index in [-0.39, 0.29) is 0 Å². The third-order valence-electron chi connectivity index (χ3n) is 4.96. The average Bonchev–Trinajstić information content (AvgIpc) is 2.85. The molecule has 2 aliphatic heterocycles. The molecule has 3 fully saturated rings. The molecule has 0 radical (unpaired) electrons. The highest BCUT2D eigenvalue weighted by atomic mass is 15.3. The Hall–Kier alpha value is -1.36. The monoisotopic (exact) mass is 259 g/mol. The van der Waals surface area contributed by atoms with E-state index in [4.69, 9.17) is 5.73 Å². The fourth-order valence-corrected chi connectivity index (χ4v) is 3.58. The van der Waals surface area contributed by atoms with Crippen molar-refractivity contribution in [2.75, 3.05) is 30.3 Å². The van der Waals surface area contributed by atoms with Crippen LogP contribution in [-0.4, -0.2) is 35.6 Å². The number of nitrogens with one attached hydrogen (secondary N) is 1. The molecule has 102 valence electrons.